The molecule has 0 rings (SSSR count). The van der Waals surface area contributed by atoms with E-state index in [2.05, 4.69) is 41.5 Å². The molecule has 0 N–H and O–H groups in total. The van der Waals surface area contributed by atoms with Crippen LogP contribution in [0.3, 0.4) is 0 Å². The van der Waals surface area contributed by atoms with Crippen molar-refractivity contribution < 1.29 is 0 Å². The molecule has 0 spiro atoms. The summed E-state index contributed by atoms with van der Waals surface area (Å²) in [7, 11) is 0.175. The Balaban J connectivity index is 5.04. The van der Waals surface area contributed by atoms with Crippen LogP contribution in [0.5, 0.6) is 0 Å². The molecule has 3 unspecified atom stereocenters. The molecule has 0 amide bonds. The molecule has 0 aromatic carbocycles. The van der Waals surface area contributed by atoms with Gasteiger partial charge in [0.1, 0.15) is 0 Å². The minimum Gasteiger partial charge on any atom is -0.0972 e. The van der Waals surface area contributed by atoms with Crippen LogP contribution in [0.2, 0.25) is 0 Å². The highest BCUT2D eigenvalue weighted by molar-refractivity contribution is 7.59. The van der Waals surface area contributed by atoms with Crippen LogP contribution < -0.4 is 0 Å². The topological polar surface area (TPSA) is 0 Å². The third-order valence-electron chi connectivity index (χ3n) is 7.60. The Morgan fingerprint density at radius 2 is 0.613 bits per heavy atom. The van der Waals surface area contributed by atoms with Crippen molar-refractivity contribution in [2.24, 2.45) is 0 Å². The molecule has 0 nitrogen and oxygen atoms in total. The monoisotopic (exact) mass is 454 g/mol. The number of hydrogen-bond acceptors (Lipinski definition) is 0. The smallest absolute Gasteiger partial charge is 0.0207 e. The first kappa shape index (κ1) is 31.4. The fraction of sp³-hybridized carbons (Fsp3) is 1.00. The molecule has 0 aliphatic carbocycles. The van der Waals surface area contributed by atoms with Gasteiger partial charge < -0.3 is 0 Å². The molecule has 0 aliphatic rings. The fourth-order valence-electron chi connectivity index (χ4n) is 5.54. The number of hydrogen-bond donors (Lipinski definition) is 0. The summed E-state index contributed by atoms with van der Waals surface area (Å²) in [5, 5.41) is 0. The molecule has 0 aliphatic heterocycles. The van der Waals surface area contributed by atoms with Crippen molar-refractivity contribution in [2.45, 2.75) is 193 Å². The Morgan fingerprint density at radius 3 is 0.839 bits per heavy atom. The molecule has 0 aromatic heterocycles. The first-order chi connectivity index (χ1) is 15.2. The lowest BCUT2D eigenvalue weighted by Crippen LogP contribution is -2.23. The van der Waals surface area contributed by atoms with Crippen LogP contribution in [0.25, 0.3) is 0 Å². The van der Waals surface area contributed by atoms with Crippen LogP contribution in [0.15, 0.2) is 0 Å². The lowest BCUT2D eigenvalue weighted by molar-refractivity contribution is 0.552. The van der Waals surface area contributed by atoms with Crippen molar-refractivity contribution in [3.8, 4) is 0 Å². The van der Waals surface area contributed by atoms with E-state index in [-0.39, 0.29) is 7.92 Å². The molecule has 1 heteroatoms. The van der Waals surface area contributed by atoms with Gasteiger partial charge in [-0.05, 0) is 55.5 Å². The standard InChI is InChI=1S/C30H63P/c1-7-13-16-19-22-25-28(10-4)31(29(11-5)26-23-20-17-14-8-2)30(12-6)27-24-21-18-15-9-3/h28-30H,7-27H2,1-6H3. The minimum atomic E-state index is 0.175. The van der Waals surface area contributed by atoms with Crippen molar-refractivity contribution in [3.05, 3.63) is 0 Å². The second-order valence-electron chi connectivity index (χ2n) is 10.2. The van der Waals surface area contributed by atoms with Crippen molar-refractivity contribution in [1.82, 2.24) is 0 Å². The molecule has 0 fully saturated rings. The summed E-state index contributed by atoms with van der Waals surface area (Å²) in [5.74, 6) is 0. The molecule has 0 bridgehead atoms. The Bertz CT molecular complexity index is 287. The summed E-state index contributed by atoms with van der Waals surface area (Å²) in [5.41, 5.74) is 3.12. The van der Waals surface area contributed by atoms with E-state index < -0.39 is 0 Å². The predicted octanol–water partition coefficient (Wildman–Crippen LogP) is 11.9. The van der Waals surface area contributed by atoms with Gasteiger partial charge in [0.25, 0.3) is 0 Å². The summed E-state index contributed by atoms with van der Waals surface area (Å²) in [6, 6.07) is 0. The Labute approximate surface area is 201 Å². The molecule has 31 heavy (non-hydrogen) atoms. The Kier molecular flexibility index (Phi) is 23.9. The van der Waals surface area contributed by atoms with E-state index in [4.69, 9.17) is 0 Å². The van der Waals surface area contributed by atoms with Crippen LogP contribution in [-0.2, 0) is 0 Å². The van der Waals surface area contributed by atoms with E-state index in [0.717, 1.165) is 17.0 Å². The van der Waals surface area contributed by atoms with Gasteiger partial charge in [0.2, 0.25) is 0 Å². The maximum absolute atomic E-state index is 2.52. The van der Waals surface area contributed by atoms with Gasteiger partial charge in [0.15, 0.2) is 0 Å². The maximum atomic E-state index is 2.52. The van der Waals surface area contributed by atoms with E-state index in [1.54, 1.807) is 0 Å². The highest BCUT2D eigenvalue weighted by atomic mass is 31.1. The van der Waals surface area contributed by atoms with Gasteiger partial charge >= 0.3 is 0 Å². The van der Waals surface area contributed by atoms with Gasteiger partial charge in [0.05, 0.1) is 0 Å². The van der Waals surface area contributed by atoms with Gasteiger partial charge in [-0.25, -0.2) is 0 Å². The first-order valence-corrected chi connectivity index (χ1v) is 16.5. The summed E-state index contributed by atoms with van der Waals surface area (Å²) in [6.45, 7) is 14.6. The zero-order chi connectivity index (χ0) is 23.2. The molecule has 0 heterocycles. The first-order valence-electron chi connectivity index (χ1n) is 15.0. The van der Waals surface area contributed by atoms with E-state index in [1.807, 2.05) is 0 Å². The Morgan fingerprint density at radius 1 is 0.355 bits per heavy atom. The van der Waals surface area contributed by atoms with E-state index in [9.17, 15) is 0 Å². The zero-order valence-electron chi connectivity index (χ0n) is 23.0. The van der Waals surface area contributed by atoms with Gasteiger partial charge in [0, 0.05) is 0 Å². The SMILES string of the molecule is CCCCCCCC(CC)P(C(CC)CCCCCCC)C(CC)CCCCCCC. The van der Waals surface area contributed by atoms with Crippen molar-refractivity contribution >= 4 is 7.92 Å². The molecule has 0 radical (unpaired) electrons. The minimum absolute atomic E-state index is 0.175. The lowest BCUT2D eigenvalue weighted by atomic mass is 10.1. The quantitative estimate of drug-likeness (QED) is 0.100. The second kappa shape index (κ2) is 23.6. The van der Waals surface area contributed by atoms with Gasteiger partial charge in [-0.2, -0.15) is 0 Å². The predicted molar refractivity (Wildman–Crippen MR) is 149 cm³/mol. The molecular formula is C30H63P. The van der Waals surface area contributed by atoms with Gasteiger partial charge in [-0.15, -0.1) is 0 Å². The molecule has 0 aromatic rings. The van der Waals surface area contributed by atoms with E-state index in [1.165, 1.54) is 135 Å². The summed E-state index contributed by atoms with van der Waals surface area (Å²) < 4.78 is 0. The Hall–Kier alpha value is 0.430. The third-order valence-corrected chi connectivity index (χ3v) is 12.0. The van der Waals surface area contributed by atoms with Gasteiger partial charge in [-0.1, -0.05) is 146 Å². The van der Waals surface area contributed by atoms with Crippen molar-refractivity contribution in [2.75, 3.05) is 0 Å². The normalized spacial score (nSPS) is 15.7. The largest absolute Gasteiger partial charge is 0.0972 e. The number of unbranched alkanes of at least 4 members (excludes halogenated alkanes) is 12. The maximum Gasteiger partial charge on any atom is -0.0207 e. The highest BCUT2D eigenvalue weighted by Gasteiger charge is 2.32. The molecule has 0 saturated heterocycles. The van der Waals surface area contributed by atoms with Crippen LogP contribution in [0.1, 0.15) is 176 Å². The second-order valence-corrected chi connectivity index (χ2v) is 13.3. The van der Waals surface area contributed by atoms with Crippen molar-refractivity contribution in [3.63, 3.8) is 0 Å². The van der Waals surface area contributed by atoms with E-state index >= 15 is 0 Å². The zero-order valence-corrected chi connectivity index (χ0v) is 23.9. The molecule has 0 saturated carbocycles. The lowest BCUT2D eigenvalue weighted by Gasteiger charge is -2.40. The summed E-state index contributed by atoms with van der Waals surface area (Å²) in [6.07, 6.45) is 30.7. The van der Waals surface area contributed by atoms with Crippen molar-refractivity contribution in [1.29, 1.82) is 0 Å². The third kappa shape index (κ3) is 15.8. The van der Waals surface area contributed by atoms with Crippen LogP contribution in [0.4, 0.5) is 0 Å². The molecule has 188 valence electrons. The highest BCUT2D eigenvalue weighted by Crippen LogP contribution is 2.58. The summed E-state index contributed by atoms with van der Waals surface area (Å²) in [4.78, 5) is 0. The average molecular weight is 455 g/mol. The van der Waals surface area contributed by atoms with Crippen LogP contribution in [0, 0.1) is 0 Å². The van der Waals surface area contributed by atoms with E-state index in [0.29, 0.717) is 0 Å². The van der Waals surface area contributed by atoms with Crippen LogP contribution in [-0.4, -0.2) is 17.0 Å². The van der Waals surface area contributed by atoms with Gasteiger partial charge in [-0.3, -0.25) is 0 Å². The average Bonchev–Trinajstić information content (AvgIpc) is 2.79. The van der Waals surface area contributed by atoms with Crippen LogP contribution >= 0.6 is 7.92 Å². The number of rotatable bonds is 24. The molecular weight excluding hydrogens is 391 g/mol. The summed E-state index contributed by atoms with van der Waals surface area (Å²) >= 11 is 0. The molecule has 3 atom stereocenters. The fourth-order valence-corrected chi connectivity index (χ4v) is 10.0.